The largest absolute Gasteiger partial charge is 0.480 e. The molecule has 1 aromatic rings. The number of nitro groups is 1. The van der Waals surface area contributed by atoms with Gasteiger partial charge in [0.15, 0.2) is 0 Å². The first-order chi connectivity index (χ1) is 9.04. The summed E-state index contributed by atoms with van der Waals surface area (Å²) in [5.74, 6) is 2.57. The minimum Gasteiger partial charge on any atom is -0.480 e. The third-order valence-corrected chi connectivity index (χ3v) is 1.89. The number of nitrogens with two attached hydrogens (primary N) is 1. The van der Waals surface area contributed by atoms with Gasteiger partial charge in [0, 0.05) is 17.7 Å². The fourth-order valence-corrected chi connectivity index (χ4v) is 1.17. The Morgan fingerprint density at radius 3 is 3.00 bits per heavy atom. The molecule has 19 heavy (non-hydrogen) atoms. The first kappa shape index (κ1) is 14.0. The number of ether oxygens (including phenoxy) is 1. The second-order valence-electron chi connectivity index (χ2n) is 3.21. The Morgan fingerprint density at radius 1 is 1.68 bits per heavy atom. The number of primary amides is 1. The maximum atomic E-state index is 10.7. The van der Waals surface area contributed by atoms with Crippen LogP contribution in [0, 0.1) is 22.5 Å². The fraction of sp³-hybridized carbons (Fsp3) is 0.0909. The van der Waals surface area contributed by atoms with Gasteiger partial charge in [-0.25, -0.2) is 10.2 Å². The highest BCUT2D eigenvalue weighted by molar-refractivity contribution is 5.85. The van der Waals surface area contributed by atoms with Crippen molar-refractivity contribution in [2.24, 2.45) is 10.8 Å². The van der Waals surface area contributed by atoms with Crippen LogP contribution in [0.2, 0.25) is 0 Å². The van der Waals surface area contributed by atoms with Crippen molar-refractivity contribution in [3.63, 3.8) is 0 Å². The highest BCUT2D eigenvalue weighted by Gasteiger charge is 2.10. The van der Waals surface area contributed by atoms with Crippen LogP contribution in [0.15, 0.2) is 23.3 Å². The Bertz CT molecular complexity index is 562. The third kappa shape index (κ3) is 4.35. The Hall–Kier alpha value is -3.08. The van der Waals surface area contributed by atoms with Crippen molar-refractivity contribution < 1.29 is 14.5 Å². The Morgan fingerprint density at radius 2 is 2.42 bits per heavy atom. The number of terminal acetylenes is 1. The lowest BCUT2D eigenvalue weighted by atomic mass is 10.2. The molecule has 0 spiro atoms. The van der Waals surface area contributed by atoms with Crippen molar-refractivity contribution >= 4 is 17.9 Å². The van der Waals surface area contributed by atoms with E-state index in [4.69, 9.17) is 16.9 Å². The number of amides is 2. The number of benzene rings is 1. The third-order valence-electron chi connectivity index (χ3n) is 1.89. The zero-order valence-electron chi connectivity index (χ0n) is 9.70. The zero-order chi connectivity index (χ0) is 14.3. The number of carbonyl (C=O) groups excluding carboxylic acids is 1. The van der Waals surface area contributed by atoms with Gasteiger partial charge in [-0.1, -0.05) is 5.92 Å². The molecule has 0 aliphatic carbocycles. The van der Waals surface area contributed by atoms with Gasteiger partial charge in [0.05, 0.1) is 11.1 Å². The number of non-ortho nitro benzene ring substituents is 1. The number of urea groups is 1. The van der Waals surface area contributed by atoms with Gasteiger partial charge >= 0.3 is 6.03 Å². The van der Waals surface area contributed by atoms with Gasteiger partial charge in [-0.15, -0.1) is 6.42 Å². The molecule has 0 aromatic heterocycles. The van der Waals surface area contributed by atoms with Crippen molar-refractivity contribution in [3.05, 3.63) is 33.9 Å². The summed E-state index contributed by atoms with van der Waals surface area (Å²) in [5, 5.41) is 14.2. The van der Waals surface area contributed by atoms with E-state index in [1.165, 1.54) is 24.4 Å². The minimum atomic E-state index is -0.854. The van der Waals surface area contributed by atoms with Crippen LogP contribution in [0.1, 0.15) is 5.56 Å². The van der Waals surface area contributed by atoms with Crippen molar-refractivity contribution in [1.29, 1.82) is 0 Å². The number of carbonyl (C=O) groups is 1. The molecule has 0 saturated carbocycles. The molecule has 0 unspecified atom stereocenters. The van der Waals surface area contributed by atoms with Crippen LogP contribution >= 0.6 is 0 Å². The van der Waals surface area contributed by atoms with Gasteiger partial charge in [0.2, 0.25) is 0 Å². The molecule has 0 saturated heterocycles. The second-order valence-corrected chi connectivity index (χ2v) is 3.21. The number of rotatable bonds is 5. The normalized spacial score (nSPS) is 9.84. The zero-order valence-corrected chi connectivity index (χ0v) is 9.70. The Kier molecular flexibility index (Phi) is 4.86. The number of hydrogen-bond donors (Lipinski definition) is 2. The van der Waals surface area contributed by atoms with Crippen LogP contribution in [-0.2, 0) is 0 Å². The lowest BCUT2D eigenvalue weighted by Gasteiger charge is -2.05. The molecular weight excluding hydrogens is 252 g/mol. The first-order valence-corrected chi connectivity index (χ1v) is 4.98. The highest BCUT2D eigenvalue weighted by atomic mass is 16.6. The van der Waals surface area contributed by atoms with E-state index in [9.17, 15) is 14.9 Å². The van der Waals surface area contributed by atoms with Gasteiger partial charge in [-0.3, -0.25) is 10.1 Å². The van der Waals surface area contributed by atoms with Gasteiger partial charge in [0.1, 0.15) is 12.4 Å². The molecule has 1 aromatic carbocycles. The number of nitrogens with one attached hydrogen (secondary N) is 1. The van der Waals surface area contributed by atoms with Crippen molar-refractivity contribution in [1.82, 2.24) is 5.43 Å². The van der Waals surface area contributed by atoms with E-state index in [0.29, 0.717) is 11.3 Å². The molecule has 0 aliphatic heterocycles. The van der Waals surface area contributed by atoms with E-state index in [1.807, 2.05) is 5.43 Å². The molecule has 0 fully saturated rings. The lowest BCUT2D eigenvalue weighted by molar-refractivity contribution is -0.384. The van der Waals surface area contributed by atoms with Crippen LogP contribution in [0.5, 0.6) is 5.75 Å². The Balaban J connectivity index is 3.03. The van der Waals surface area contributed by atoms with Crippen molar-refractivity contribution in [3.8, 4) is 18.1 Å². The van der Waals surface area contributed by atoms with Crippen molar-refractivity contribution in [2.75, 3.05) is 6.61 Å². The van der Waals surface area contributed by atoms with E-state index in [2.05, 4.69) is 11.0 Å². The minimum absolute atomic E-state index is 0.00188. The maximum absolute atomic E-state index is 10.7. The summed E-state index contributed by atoms with van der Waals surface area (Å²) in [4.78, 5) is 20.5. The standard InChI is InChI=1S/C11H10N4O4/c1-2-5-19-10-4-3-9(15(17)18)6-8(10)7-13-14-11(12)16/h1,3-4,6-7H,5H2,(H3,12,14,16). The van der Waals surface area contributed by atoms with Crippen LogP contribution in [-0.4, -0.2) is 23.8 Å². The summed E-state index contributed by atoms with van der Waals surface area (Å²) >= 11 is 0. The van der Waals surface area contributed by atoms with Crippen molar-refractivity contribution in [2.45, 2.75) is 0 Å². The molecule has 0 atom stereocenters. The molecule has 8 nitrogen and oxygen atoms in total. The number of hydrazone groups is 1. The quantitative estimate of drug-likeness (QED) is 0.349. The predicted octanol–water partition coefficient (Wildman–Crippen LogP) is 0.609. The molecule has 0 heterocycles. The van der Waals surface area contributed by atoms with Crippen LogP contribution in [0.4, 0.5) is 10.5 Å². The first-order valence-electron chi connectivity index (χ1n) is 4.98. The second kappa shape index (κ2) is 6.61. The van der Waals surface area contributed by atoms with E-state index in [1.54, 1.807) is 0 Å². The molecule has 0 aliphatic rings. The monoisotopic (exact) mass is 262 g/mol. The highest BCUT2D eigenvalue weighted by Crippen LogP contribution is 2.22. The summed E-state index contributed by atoms with van der Waals surface area (Å²) in [6.45, 7) is 0.00188. The average molecular weight is 262 g/mol. The maximum Gasteiger partial charge on any atom is 0.332 e. The smallest absolute Gasteiger partial charge is 0.332 e. The predicted molar refractivity (Wildman–Crippen MR) is 67.7 cm³/mol. The average Bonchev–Trinajstić information content (AvgIpc) is 2.36. The van der Waals surface area contributed by atoms with E-state index < -0.39 is 11.0 Å². The summed E-state index contributed by atoms with van der Waals surface area (Å²) in [7, 11) is 0. The van der Waals surface area contributed by atoms with Gasteiger partial charge in [0.25, 0.3) is 5.69 Å². The SMILES string of the molecule is C#CCOc1ccc([N+](=O)[O-])cc1C=NNC(N)=O. The molecule has 8 heteroatoms. The van der Waals surface area contributed by atoms with Gasteiger partial charge < -0.3 is 10.5 Å². The van der Waals surface area contributed by atoms with E-state index in [-0.39, 0.29) is 12.3 Å². The fourth-order valence-electron chi connectivity index (χ4n) is 1.17. The molecule has 2 amide bonds. The number of nitro benzene ring substituents is 1. The lowest BCUT2D eigenvalue weighted by Crippen LogP contribution is -2.24. The summed E-state index contributed by atoms with van der Waals surface area (Å²) in [6, 6.07) is 3.04. The summed E-state index contributed by atoms with van der Waals surface area (Å²) < 4.78 is 5.18. The number of hydrogen-bond acceptors (Lipinski definition) is 5. The summed E-state index contributed by atoms with van der Waals surface area (Å²) in [6.07, 6.45) is 6.22. The van der Waals surface area contributed by atoms with E-state index >= 15 is 0 Å². The van der Waals surface area contributed by atoms with Crippen LogP contribution in [0.25, 0.3) is 0 Å². The molecule has 0 radical (unpaired) electrons. The van der Waals surface area contributed by atoms with E-state index in [0.717, 1.165) is 0 Å². The molecule has 1 rings (SSSR count). The molecule has 3 N–H and O–H groups in total. The topological polar surface area (TPSA) is 120 Å². The van der Waals surface area contributed by atoms with Crippen LogP contribution < -0.4 is 15.9 Å². The number of nitrogens with zero attached hydrogens (tertiary/aromatic N) is 2. The van der Waals surface area contributed by atoms with Crippen LogP contribution in [0.3, 0.4) is 0 Å². The molecule has 0 bridgehead atoms. The summed E-state index contributed by atoms with van der Waals surface area (Å²) in [5.41, 5.74) is 6.94. The Labute approximate surface area is 108 Å². The molecule has 98 valence electrons. The van der Waals surface area contributed by atoms with Gasteiger partial charge in [-0.2, -0.15) is 5.10 Å². The molecular formula is C11H10N4O4. The van der Waals surface area contributed by atoms with Gasteiger partial charge in [-0.05, 0) is 6.07 Å².